The van der Waals surface area contributed by atoms with E-state index in [1.807, 2.05) is 13.8 Å². The van der Waals surface area contributed by atoms with E-state index in [0.717, 1.165) is 38.9 Å². The number of carbonyl (C=O) groups is 2. The fraction of sp³-hybridized carbons (Fsp3) is 0.490. The van der Waals surface area contributed by atoms with Crippen molar-refractivity contribution in [1.82, 2.24) is 15.1 Å². The van der Waals surface area contributed by atoms with Crippen LogP contribution in [0.5, 0.6) is 40.2 Å². The monoisotopic (exact) mass is 908 g/mol. The van der Waals surface area contributed by atoms with Crippen molar-refractivity contribution in [2.75, 3.05) is 60.2 Å². The average molecular weight is 909 g/mol. The van der Waals surface area contributed by atoms with E-state index in [2.05, 4.69) is 47.5 Å². The van der Waals surface area contributed by atoms with Gasteiger partial charge >= 0.3 is 12.1 Å². The summed E-state index contributed by atoms with van der Waals surface area (Å²) >= 11 is 1.59. The Bertz CT molecular complexity index is 2520. The van der Waals surface area contributed by atoms with E-state index in [1.54, 1.807) is 63.9 Å². The molecule has 0 radical (unpaired) electrons. The predicted molar refractivity (Wildman–Crippen MR) is 242 cm³/mol. The molecule has 3 aromatic carbocycles. The molecule has 3 aromatic rings. The number of piperazine rings is 1. The first-order valence-corrected chi connectivity index (χ1v) is 22.9. The summed E-state index contributed by atoms with van der Waals surface area (Å²) in [6.07, 6.45) is 3.66. The Kier molecular flexibility index (Phi) is 11.7. The number of esters is 1. The lowest BCUT2D eigenvalue weighted by Gasteiger charge is -2.62. The van der Waals surface area contributed by atoms with Gasteiger partial charge in [-0.2, -0.15) is 5.26 Å². The minimum absolute atomic E-state index is 0.00125. The summed E-state index contributed by atoms with van der Waals surface area (Å²) in [6.45, 7) is 18.0. The second-order valence-corrected chi connectivity index (χ2v) is 19.4. The van der Waals surface area contributed by atoms with Gasteiger partial charge in [0.1, 0.15) is 37.2 Å². The number of hydrogen-bond donors (Lipinski definition) is 1. The number of likely N-dealkylation sites (N-methyl/N-ethyl adjacent to an activating group) is 1. The SMILES string of the molecule is C=CCOc1c(C)c2c(c3c1[C@H]1SC[C@]4(NCCc5cc(OC(=O)OC(C)(C)C)c(OC)cc54)C(=O)OC[C@@H]3N3C1[C@H]1c4c(cc(C)c(OC)c4OCC=C)C[C@@H]([C@@H]3C#N)N1C)OCO2. The number of hydrogen-bond acceptors (Lipinski definition) is 16. The number of ether oxygens (including phenoxy) is 9. The number of thioether (sulfide) groups is 1. The molecule has 15 nitrogen and oxygen atoms in total. The van der Waals surface area contributed by atoms with Crippen LogP contribution < -0.4 is 38.5 Å². The van der Waals surface area contributed by atoms with E-state index in [1.165, 1.54) is 7.11 Å². The summed E-state index contributed by atoms with van der Waals surface area (Å²) in [7, 11) is 5.23. The highest BCUT2D eigenvalue weighted by molar-refractivity contribution is 7.99. The van der Waals surface area contributed by atoms with E-state index in [9.17, 15) is 10.1 Å². The molecule has 65 heavy (non-hydrogen) atoms. The summed E-state index contributed by atoms with van der Waals surface area (Å²) in [5, 5.41) is 14.5. The van der Waals surface area contributed by atoms with Gasteiger partial charge in [-0.05, 0) is 88.9 Å². The number of nitrogens with zero attached hydrogens (tertiary/aromatic N) is 3. The van der Waals surface area contributed by atoms with Gasteiger partial charge in [-0.3, -0.25) is 15.1 Å². The van der Waals surface area contributed by atoms with Crippen LogP contribution in [0.4, 0.5) is 4.79 Å². The molecule has 0 aromatic heterocycles. The van der Waals surface area contributed by atoms with E-state index in [-0.39, 0.29) is 55.9 Å². The first-order chi connectivity index (χ1) is 31.2. The Hall–Kier alpha value is -5.60. The van der Waals surface area contributed by atoms with Gasteiger partial charge in [0.15, 0.2) is 40.0 Å². The minimum atomic E-state index is -1.38. The first kappa shape index (κ1) is 44.6. The van der Waals surface area contributed by atoms with Gasteiger partial charge in [-0.15, -0.1) is 11.8 Å². The molecule has 344 valence electrons. The maximum absolute atomic E-state index is 15.2. The van der Waals surface area contributed by atoms with Crippen molar-refractivity contribution in [3.8, 4) is 46.3 Å². The summed E-state index contributed by atoms with van der Waals surface area (Å²) in [4.78, 5) is 32.7. The Balaban J connectivity index is 1.27. The van der Waals surface area contributed by atoms with Crippen molar-refractivity contribution in [3.05, 3.63) is 88.0 Å². The van der Waals surface area contributed by atoms with Crippen LogP contribution in [0.2, 0.25) is 0 Å². The molecular weight excluding hydrogens is 853 g/mol. The summed E-state index contributed by atoms with van der Waals surface area (Å²) < 4.78 is 55.6. The third-order valence-electron chi connectivity index (χ3n) is 13.4. The normalized spacial score (nSPS) is 26.3. The maximum atomic E-state index is 15.2. The Morgan fingerprint density at radius 3 is 2.42 bits per heavy atom. The molecule has 7 aliphatic rings. The largest absolute Gasteiger partial charge is 0.514 e. The molecular formula is C49H56N4O11S. The zero-order chi connectivity index (χ0) is 46.1. The van der Waals surface area contributed by atoms with E-state index in [0.29, 0.717) is 53.7 Å². The van der Waals surface area contributed by atoms with Crippen LogP contribution >= 0.6 is 11.8 Å². The number of methoxy groups -OCH3 is 2. The van der Waals surface area contributed by atoms with Crippen LogP contribution in [-0.4, -0.2) is 106 Å². The van der Waals surface area contributed by atoms with Crippen molar-refractivity contribution in [2.24, 2.45) is 0 Å². The Labute approximate surface area is 383 Å². The third kappa shape index (κ3) is 7.13. The zero-order valence-corrected chi connectivity index (χ0v) is 39.0. The van der Waals surface area contributed by atoms with Crippen molar-refractivity contribution < 1.29 is 52.2 Å². The molecule has 0 saturated carbocycles. The highest BCUT2D eigenvalue weighted by atomic mass is 32.2. The molecule has 7 heterocycles. The van der Waals surface area contributed by atoms with E-state index < -0.39 is 46.6 Å². The van der Waals surface area contributed by atoms with Gasteiger partial charge in [0.2, 0.25) is 6.79 Å². The fourth-order valence-electron chi connectivity index (χ4n) is 10.9. The van der Waals surface area contributed by atoms with Crippen LogP contribution in [0, 0.1) is 25.2 Å². The molecule has 7 atom stereocenters. The van der Waals surface area contributed by atoms with E-state index >= 15 is 4.79 Å². The molecule has 0 aliphatic carbocycles. The van der Waals surface area contributed by atoms with Gasteiger partial charge < -0.3 is 42.6 Å². The lowest BCUT2D eigenvalue weighted by molar-refractivity contribution is -0.157. The molecule has 4 bridgehead atoms. The van der Waals surface area contributed by atoms with Crippen LogP contribution in [-0.2, 0) is 32.6 Å². The highest BCUT2D eigenvalue weighted by Gasteiger charge is 2.62. The molecule has 1 spiro atoms. The number of carbonyl (C=O) groups excluding carboxylic acids is 2. The van der Waals surface area contributed by atoms with E-state index in [4.69, 9.17) is 42.6 Å². The van der Waals surface area contributed by atoms with Gasteiger partial charge in [-0.1, -0.05) is 31.4 Å². The van der Waals surface area contributed by atoms with Gasteiger partial charge in [0, 0.05) is 46.6 Å². The van der Waals surface area contributed by atoms with Crippen molar-refractivity contribution >= 4 is 23.9 Å². The lowest BCUT2D eigenvalue weighted by Crippen LogP contribution is -2.69. The Morgan fingerprint density at radius 1 is 0.985 bits per heavy atom. The van der Waals surface area contributed by atoms with Gasteiger partial charge in [-0.25, -0.2) is 9.59 Å². The van der Waals surface area contributed by atoms with Crippen LogP contribution in [0.1, 0.15) is 82.6 Å². The minimum Gasteiger partial charge on any atom is -0.493 e. The van der Waals surface area contributed by atoms with Crippen molar-refractivity contribution in [3.63, 3.8) is 0 Å². The number of benzene rings is 3. The van der Waals surface area contributed by atoms with Gasteiger partial charge in [0.05, 0.1) is 37.6 Å². The highest BCUT2D eigenvalue weighted by Crippen LogP contribution is 2.65. The lowest BCUT2D eigenvalue weighted by atomic mass is 9.71. The summed E-state index contributed by atoms with van der Waals surface area (Å²) in [5.74, 6) is 3.14. The molecule has 7 aliphatic heterocycles. The number of nitrogens with one attached hydrogen (secondary N) is 1. The molecule has 2 fully saturated rings. The van der Waals surface area contributed by atoms with Gasteiger partial charge in [0.25, 0.3) is 0 Å². The molecule has 10 rings (SSSR count). The molecule has 16 heteroatoms. The van der Waals surface area contributed by atoms with Crippen LogP contribution in [0.3, 0.4) is 0 Å². The molecule has 1 unspecified atom stereocenters. The number of rotatable bonds is 9. The number of fused-ring (bicyclic) bond motifs is 9. The first-order valence-electron chi connectivity index (χ1n) is 21.9. The third-order valence-corrected chi connectivity index (χ3v) is 14.9. The number of nitriles is 1. The smallest absolute Gasteiger partial charge is 0.493 e. The predicted octanol–water partition coefficient (Wildman–Crippen LogP) is 7.09. The molecule has 0 amide bonds. The molecule has 2 saturated heterocycles. The topological polar surface area (TPSA) is 160 Å². The average Bonchev–Trinajstić information content (AvgIpc) is 3.76. The van der Waals surface area contributed by atoms with Crippen LogP contribution in [0.15, 0.2) is 43.5 Å². The fourth-order valence-corrected chi connectivity index (χ4v) is 12.6. The second kappa shape index (κ2) is 17.0. The summed E-state index contributed by atoms with van der Waals surface area (Å²) in [5.41, 5.74) is 4.70. The summed E-state index contributed by atoms with van der Waals surface area (Å²) in [6, 6.07) is 6.08. The van der Waals surface area contributed by atoms with Crippen molar-refractivity contribution in [1.29, 1.82) is 5.26 Å². The zero-order valence-electron chi connectivity index (χ0n) is 38.2. The molecule has 1 N–H and O–H groups in total. The van der Waals surface area contributed by atoms with Crippen molar-refractivity contribution in [2.45, 2.75) is 94.1 Å². The van der Waals surface area contributed by atoms with Crippen LogP contribution in [0.25, 0.3) is 0 Å². The second-order valence-electron chi connectivity index (χ2n) is 18.2. The Morgan fingerprint density at radius 2 is 1.72 bits per heavy atom. The maximum Gasteiger partial charge on any atom is 0.514 e. The standard InChI is InChI=1S/C49H56N4O11S/c1-11-15-58-41-26(4)42-44(62-24-61-42)36-32-22-60-46(54)49(29-20-33(56-9)34(19-27(29)13-14-51-49)63-47(55)64-48(5,6)7)23-65-45(37(36)41)39-38-35-28(18-30(52(38)8)31(21-50)53(32)39)17-25(3)40(57-10)43(35)59-16-12-2/h11-12,17,19-20,30-32,38-39,45,51H,1-2,13-16,18,22-24H2,3-10H3/t30-,31-,32-,38+,39?,45+,49+/m0/s1. The quantitative estimate of drug-likeness (QED) is 0.132. The number of aryl methyl sites for hydroxylation is 1.